The zero-order chi connectivity index (χ0) is 64.3. The van der Waals surface area contributed by atoms with E-state index in [1.54, 1.807) is 0 Å². The Morgan fingerprint density at radius 1 is 0.255 bits per heavy atom. The second-order valence-electron chi connectivity index (χ2n) is 29.0. The molecule has 98 heavy (non-hydrogen) atoms. The standard InChI is InChI=1S/C94H61B3Si/c1-93(2)75-51-46-61(58-43-49-64(50-44-58)94(63-25-6-3-7-26-63)76-38-15-19-42-82(76)95-79-39-16-12-31-67(79)70-34-20-23-59-45-52-77(94)90(95)87(59)70)55-83(75)96-80-40-17-14-33-69(80)72-36-22-37-73-74(57-78(93)91(96)89(72)73)62-48-53-85-84(56-62)97-81-41-18-13-32-68(81)71-35-21-24-60-47-54-86(92(97)88(60)71)98(85,65-27-8-4-9-28-65)66-29-10-5-11-30-66/h3-57H,1-2H3. The lowest BCUT2D eigenvalue weighted by molar-refractivity contribution is 0.647. The molecule has 0 saturated carbocycles. The van der Waals surface area contributed by atoms with Crippen molar-refractivity contribution in [1.29, 1.82) is 0 Å². The Balaban J connectivity index is 0.731. The van der Waals surface area contributed by atoms with Gasteiger partial charge in [0.25, 0.3) is 0 Å². The molecule has 0 N–H and O–H groups in total. The second kappa shape index (κ2) is 19.9. The molecule has 1 unspecified atom stereocenters. The molecule has 0 radical (unpaired) electrons. The van der Waals surface area contributed by atoms with E-state index in [2.05, 4.69) is 347 Å². The number of rotatable bonds is 6. The maximum absolute atomic E-state index is 2.96. The molecule has 16 aromatic carbocycles. The minimum atomic E-state index is -2.96. The van der Waals surface area contributed by atoms with E-state index in [4.69, 9.17) is 0 Å². The quantitative estimate of drug-likeness (QED) is 0.146. The average molecular weight is 1250 g/mol. The molecule has 4 heteroatoms. The molecular weight excluding hydrogens is 1190 g/mol. The molecule has 22 rings (SSSR count). The summed E-state index contributed by atoms with van der Waals surface area (Å²) < 4.78 is 0. The van der Waals surface area contributed by atoms with Crippen LogP contribution >= 0.6 is 0 Å². The summed E-state index contributed by atoms with van der Waals surface area (Å²) in [6.45, 7) is 5.20. The molecule has 0 bridgehead atoms. The monoisotopic (exact) mass is 1250 g/mol. The van der Waals surface area contributed by atoms with Crippen molar-refractivity contribution >= 4 is 130 Å². The SMILES string of the molecule is CC1(C)c2ccc(-c3ccc(C4(c5ccccc5)c5ccccc5B5c6ccccc6-c6cccc7ccc4c5c67)cc3)cc2B2c3ccccc3-c3cccc4c(-c5ccc6c(c5)B5c7ccccc7-c7cccc8ccc(c5c78)[Si]6(c5ccccc5)c5ccccc5)cc1c2c34. The summed E-state index contributed by atoms with van der Waals surface area (Å²) >= 11 is 0. The van der Waals surface area contributed by atoms with Crippen molar-refractivity contribution in [3.63, 3.8) is 0 Å². The van der Waals surface area contributed by atoms with Gasteiger partial charge in [-0.25, -0.2) is 0 Å². The molecule has 1 atom stereocenters. The minimum Gasteiger partial charge on any atom is -0.0676 e. The van der Waals surface area contributed by atoms with Crippen molar-refractivity contribution in [2.45, 2.75) is 24.7 Å². The van der Waals surface area contributed by atoms with Gasteiger partial charge >= 0.3 is 0 Å². The fourth-order valence-corrected chi connectivity index (χ4v) is 25.9. The molecule has 0 saturated heterocycles. The van der Waals surface area contributed by atoms with E-state index in [1.165, 1.54) is 191 Å². The van der Waals surface area contributed by atoms with Gasteiger partial charge in [-0.1, -0.05) is 397 Å². The molecule has 0 fully saturated rings. The van der Waals surface area contributed by atoms with Crippen molar-refractivity contribution in [3.8, 4) is 55.6 Å². The van der Waals surface area contributed by atoms with E-state index in [0.717, 1.165) is 0 Å². The van der Waals surface area contributed by atoms with Crippen molar-refractivity contribution in [1.82, 2.24) is 0 Å². The van der Waals surface area contributed by atoms with Crippen LogP contribution in [0.1, 0.15) is 47.2 Å². The molecule has 0 aromatic heterocycles. The summed E-state index contributed by atoms with van der Waals surface area (Å²) in [5.74, 6) is 0. The highest BCUT2D eigenvalue weighted by Gasteiger charge is 2.54. The molecule has 0 amide bonds. The molecule has 6 aliphatic rings. The number of hydrogen-bond donors (Lipinski definition) is 0. The highest BCUT2D eigenvalue weighted by atomic mass is 28.3. The van der Waals surface area contributed by atoms with Gasteiger partial charge < -0.3 is 0 Å². The molecule has 0 aliphatic carbocycles. The zero-order valence-corrected chi connectivity index (χ0v) is 55.5. The third kappa shape index (κ3) is 6.93. The highest BCUT2D eigenvalue weighted by molar-refractivity contribution is 7.27. The van der Waals surface area contributed by atoms with Crippen molar-refractivity contribution in [2.24, 2.45) is 0 Å². The summed E-state index contributed by atoms with van der Waals surface area (Å²) in [5.41, 5.74) is 33.0. The first-order valence-corrected chi connectivity index (χ1v) is 37.1. The van der Waals surface area contributed by atoms with Crippen LogP contribution in [0.15, 0.2) is 334 Å². The average Bonchev–Trinajstić information content (AvgIpc) is 0.691. The van der Waals surface area contributed by atoms with Crippen molar-refractivity contribution in [2.75, 3.05) is 0 Å². The van der Waals surface area contributed by atoms with Crippen LogP contribution in [0.4, 0.5) is 0 Å². The van der Waals surface area contributed by atoms with Gasteiger partial charge in [0, 0.05) is 5.41 Å². The lowest BCUT2D eigenvalue weighted by Crippen LogP contribution is -2.87. The summed E-state index contributed by atoms with van der Waals surface area (Å²) in [6.07, 6.45) is 0. The normalized spacial score (nSPS) is 16.0. The first-order valence-electron chi connectivity index (χ1n) is 35.1. The number of fused-ring (bicyclic) bond motifs is 15. The van der Waals surface area contributed by atoms with Crippen LogP contribution in [0.2, 0.25) is 0 Å². The predicted molar refractivity (Wildman–Crippen MR) is 421 cm³/mol. The smallest absolute Gasteiger partial charge is 0.0676 e. The Morgan fingerprint density at radius 3 is 1.37 bits per heavy atom. The molecule has 0 nitrogen and oxygen atoms in total. The summed E-state index contributed by atoms with van der Waals surface area (Å²) in [4.78, 5) is 0. The van der Waals surface area contributed by atoms with Gasteiger partial charge in [-0.3, -0.25) is 0 Å². The third-order valence-electron chi connectivity index (χ3n) is 24.5. The van der Waals surface area contributed by atoms with Crippen LogP contribution in [0.3, 0.4) is 0 Å². The Morgan fingerprint density at radius 2 is 0.714 bits per heavy atom. The summed E-state index contributed by atoms with van der Waals surface area (Å²) in [7, 11) is -2.96. The van der Waals surface area contributed by atoms with Gasteiger partial charge in [0.15, 0.2) is 8.07 Å². The van der Waals surface area contributed by atoms with Gasteiger partial charge in [0.05, 0.1) is 5.41 Å². The van der Waals surface area contributed by atoms with Gasteiger partial charge in [0.2, 0.25) is 20.1 Å². The van der Waals surface area contributed by atoms with Crippen LogP contribution in [0.5, 0.6) is 0 Å². The lowest BCUT2D eigenvalue weighted by Gasteiger charge is -2.46. The first-order chi connectivity index (χ1) is 48.4. The fraction of sp³-hybridized carbons (Fsp3) is 0.0426. The zero-order valence-electron chi connectivity index (χ0n) is 54.5. The maximum atomic E-state index is 2.67. The van der Waals surface area contributed by atoms with Crippen LogP contribution in [0, 0.1) is 0 Å². The van der Waals surface area contributed by atoms with Crippen LogP contribution in [0.25, 0.3) is 88.0 Å². The summed E-state index contributed by atoms with van der Waals surface area (Å²) in [5, 5.41) is 13.9. The van der Waals surface area contributed by atoms with Crippen molar-refractivity contribution < 1.29 is 0 Å². The second-order valence-corrected chi connectivity index (χ2v) is 32.8. The van der Waals surface area contributed by atoms with E-state index in [9.17, 15) is 0 Å². The molecule has 0 spiro atoms. The fourth-order valence-electron chi connectivity index (χ4n) is 20.7. The molecule has 6 heterocycles. The third-order valence-corrected chi connectivity index (χ3v) is 29.4. The van der Waals surface area contributed by atoms with Crippen molar-refractivity contribution in [3.05, 3.63) is 367 Å². The predicted octanol–water partition coefficient (Wildman–Crippen LogP) is 13.0. The van der Waals surface area contributed by atoms with Gasteiger partial charge in [0.1, 0.15) is 0 Å². The van der Waals surface area contributed by atoms with Gasteiger partial charge in [-0.2, -0.15) is 0 Å². The maximum Gasteiger partial charge on any atom is 0.243 e. The molecule has 16 aromatic rings. The Kier molecular flexibility index (Phi) is 11.2. The lowest BCUT2D eigenvalue weighted by atomic mass is 9.28. The largest absolute Gasteiger partial charge is 0.243 e. The minimum absolute atomic E-state index is 0.0347. The first kappa shape index (κ1) is 54.9. The van der Waals surface area contributed by atoms with E-state index in [0.29, 0.717) is 0 Å². The van der Waals surface area contributed by atoms with Crippen LogP contribution in [-0.4, -0.2) is 28.2 Å². The number of hydrogen-bond acceptors (Lipinski definition) is 0. The highest BCUT2D eigenvalue weighted by Crippen LogP contribution is 2.50. The van der Waals surface area contributed by atoms with Gasteiger partial charge in [-0.05, 0) is 142 Å². The van der Waals surface area contributed by atoms with E-state index in [-0.39, 0.29) is 25.6 Å². The van der Waals surface area contributed by atoms with Gasteiger partial charge in [-0.15, -0.1) is 0 Å². The van der Waals surface area contributed by atoms with E-state index in [1.807, 2.05) is 0 Å². The Hall–Kier alpha value is -11.3. The van der Waals surface area contributed by atoms with E-state index >= 15 is 0 Å². The van der Waals surface area contributed by atoms with E-state index < -0.39 is 13.5 Å². The molecular formula is C94H61B3Si. The number of benzene rings is 16. The molecule has 6 aliphatic heterocycles. The summed E-state index contributed by atoms with van der Waals surface area (Å²) in [6, 6.07) is 130. The van der Waals surface area contributed by atoms with Crippen LogP contribution < -0.4 is 69.9 Å². The Labute approximate surface area is 573 Å². The topological polar surface area (TPSA) is 0 Å². The Bertz CT molecular complexity index is 6130. The molecule has 450 valence electrons. The van der Waals surface area contributed by atoms with Crippen LogP contribution in [-0.2, 0) is 10.8 Å².